The summed E-state index contributed by atoms with van der Waals surface area (Å²) in [6.07, 6.45) is 4.35. The molecule has 0 spiro atoms. The molecular formula is C25H33BrN2O4. The van der Waals surface area contributed by atoms with E-state index in [1.54, 1.807) is 18.2 Å². The van der Waals surface area contributed by atoms with Crippen molar-refractivity contribution in [3.8, 4) is 11.5 Å². The van der Waals surface area contributed by atoms with Crippen LogP contribution < -0.4 is 20.3 Å². The third kappa shape index (κ3) is 8.19. The molecular weight excluding hydrogens is 472 g/mol. The number of rotatable bonds is 10. The molecule has 0 aliphatic carbocycles. The van der Waals surface area contributed by atoms with Gasteiger partial charge in [-0.2, -0.15) is 0 Å². The van der Waals surface area contributed by atoms with Crippen LogP contribution in [0.25, 0.3) is 0 Å². The van der Waals surface area contributed by atoms with Gasteiger partial charge in [0.15, 0.2) is 6.61 Å². The predicted molar refractivity (Wildman–Crippen MR) is 130 cm³/mol. The van der Waals surface area contributed by atoms with E-state index in [4.69, 9.17) is 9.47 Å². The molecule has 2 N–H and O–H groups in total. The van der Waals surface area contributed by atoms with Gasteiger partial charge in [0.25, 0.3) is 11.8 Å². The molecule has 2 amide bonds. The predicted octanol–water partition coefficient (Wildman–Crippen LogP) is 5.55. The van der Waals surface area contributed by atoms with Crippen molar-refractivity contribution in [3.63, 3.8) is 0 Å². The molecule has 0 aromatic heterocycles. The monoisotopic (exact) mass is 504 g/mol. The smallest absolute Gasteiger partial charge is 0.276 e. The maximum Gasteiger partial charge on any atom is 0.276 e. The fraction of sp³-hybridized carbons (Fsp3) is 0.440. The van der Waals surface area contributed by atoms with Gasteiger partial charge in [-0.15, -0.1) is 0 Å². The second-order valence-electron chi connectivity index (χ2n) is 8.59. The van der Waals surface area contributed by atoms with Crippen molar-refractivity contribution in [1.82, 2.24) is 10.9 Å². The summed E-state index contributed by atoms with van der Waals surface area (Å²) in [7, 11) is 0. The SMILES string of the molecule is CCCCCCOc1ccccc1C(=O)NNC(=O)COc1ccc(C(C)(C)C)cc1Br. The Balaban J connectivity index is 1.84. The molecule has 0 fully saturated rings. The molecule has 0 aliphatic heterocycles. The standard InChI is InChI=1S/C25H33BrN2O4/c1-5-6-7-10-15-31-21-12-9-8-11-19(21)24(30)28-27-23(29)17-32-22-14-13-18(16-20(22)26)25(2,3)4/h8-9,11-14,16H,5-7,10,15,17H2,1-4H3,(H,27,29)(H,28,30). The van der Waals surface area contributed by atoms with Gasteiger partial charge in [0.1, 0.15) is 11.5 Å². The largest absolute Gasteiger partial charge is 0.493 e. The van der Waals surface area contributed by atoms with Gasteiger partial charge in [0.05, 0.1) is 16.6 Å². The van der Waals surface area contributed by atoms with Crippen LogP contribution >= 0.6 is 15.9 Å². The zero-order valence-electron chi connectivity index (χ0n) is 19.3. The van der Waals surface area contributed by atoms with Crippen LogP contribution in [0.3, 0.4) is 0 Å². The number of hydrogen-bond donors (Lipinski definition) is 2. The van der Waals surface area contributed by atoms with E-state index >= 15 is 0 Å². The summed E-state index contributed by atoms with van der Waals surface area (Å²) in [6.45, 7) is 8.85. The molecule has 0 heterocycles. The lowest BCUT2D eigenvalue weighted by Crippen LogP contribution is -2.44. The van der Waals surface area contributed by atoms with Crippen molar-refractivity contribution in [3.05, 3.63) is 58.1 Å². The number of hydrogen-bond acceptors (Lipinski definition) is 4. The number of carbonyl (C=O) groups excluding carboxylic acids is 2. The molecule has 0 unspecified atom stereocenters. The molecule has 0 bridgehead atoms. The topological polar surface area (TPSA) is 76.7 Å². The van der Waals surface area contributed by atoms with E-state index in [0.717, 1.165) is 35.7 Å². The average molecular weight is 505 g/mol. The fourth-order valence-electron chi connectivity index (χ4n) is 2.95. The summed E-state index contributed by atoms with van der Waals surface area (Å²) in [6, 6.07) is 12.7. The van der Waals surface area contributed by atoms with E-state index in [9.17, 15) is 9.59 Å². The summed E-state index contributed by atoms with van der Waals surface area (Å²) >= 11 is 3.48. The molecule has 2 aromatic carbocycles. The molecule has 0 aliphatic rings. The van der Waals surface area contributed by atoms with Gasteiger partial charge in [0.2, 0.25) is 0 Å². The number of para-hydroxylation sites is 1. The first-order chi connectivity index (χ1) is 15.2. The first kappa shape index (κ1) is 25.7. The van der Waals surface area contributed by atoms with Crippen LogP contribution in [0.15, 0.2) is 46.9 Å². The number of hydrazine groups is 1. The van der Waals surface area contributed by atoms with Crippen molar-refractivity contribution >= 4 is 27.7 Å². The molecule has 0 radical (unpaired) electrons. The highest BCUT2D eigenvalue weighted by atomic mass is 79.9. The van der Waals surface area contributed by atoms with Crippen molar-refractivity contribution in [2.45, 2.75) is 58.8 Å². The number of ether oxygens (including phenoxy) is 2. The maximum atomic E-state index is 12.5. The third-order valence-electron chi connectivity index (χ3n) is 4.86. The lowest BCUT2D eigenvalue weighted by Gasteiger charge is -2.20. The maximum absolute atomic E-state index is 12.5. The average Bonchev–Trinajstić information content (AvgIpc) is 2.76. The fourth-order valence-corrected chi connectivity index (χ4v) is 3.44. The van der Waals surface area contributed by atoms with Crippen molar-refractivity contribution < 1.29 is 19.1 Å². The second kappa shape index (κ2) is 12.5. The number of amides is 2. The van der Waals surface area contributed by atoms with Crippen LogP contribution in [-0.4, -0.2) is 25.0 Å². The van der Waals surface area contributed by atoms with Gasteiger partial charge in [-0.05, 0) is 57.6 Å². The lowest BCUT2D eigenvalue weighted by atomic mass is 9.87. The summed E-state index contributed by atoms with van der Waals surface area (Å²) in [4.78, 5) is 24.7. The molecule has 174 valence electrons. The first-order valence-electron chi connectivity index (χ1n) is 11.0. The minimum atomic E-state index is -0.469. The highest BCUT2D eigenvalue weighted by Crippen LogP contribution is 2.31. The Morgan fingerprint density at radius 2 is 1.69 bits per heavy atom. The van der Waals surface area contributed by atoms with Crippen LogP contribution in [0.2, 0.25) is 0 Å². The number of unbranched alkanes of at least 4 members (excludes halogenated alkanes) is 3. The Morgan fingerprint density at radius 3 is 2.38 bits per heavy atom. The summed E-state index contributed by atoms with van der Waals surface area (Å²) in [5.74, 6) is 0.137. The number of carbonyl (C=O) groups is 2. The number of benzene rings is 2. The number of nitrogens with one attached hydrogen (secondary N) is 2. The molecule has 0 saturated heterocycles. The van der Waals surface area contributed by atoms with Gasteiger partial charge < -0.3 is 9.47 Å². The summed E-state index contributed by atoms with van der Waals surface area (Å²) in [5, 5.41) is 0. The van der Waals surface area contributed by atoms with E-state index in [1.807, 2.05) is 24.3 Å². The molecule has 2 rings (SSSR count). The second-order valence-corrected chi connectivity index (χ2v) is 9.45. The van der Waals surface area contributed by atoms with E-state index in [2.05, 4.69) is 54.5 Å². The van der Waals surface area contributed by atoms with Gasteiger partial charge in [-0.1, -0.05) is 65.2 Å². The van der Waals surface area contributed by atoms with Crippen molar-refractivity contribution in [2.75, 3.05) is 13.2 Å². The van der Waals surface area contributed by atoms with E-state index < -0.39 is 11.8 Å². The van der Waals surface area contributed by atoms with E-state index in [-0.39, 0.29) is 12.0 Å². The molecule has 7 heteroatoms. The Bertz CT molecular complexity index is 909. The van der Waals surface area contributed by atoms with E-state index in [0.29, 0.717) is 23.7 Å². The van der Waals surface area contributed by atoms with Crippen LogP contribution in [0.1, 0.15) is 69.3 Å². The lowest BCUT2D eigenvalue weighted by molar-refractivity contribution is -0.123. The Hall–Kier alpha value is -2.54. The normalized spacial score (nSPS) is 11.0. The van der Waals surface area contributed by atoms with E-state index in [1.165, 1.54) is 0 Å². The van der Waals surface area contributed by atoms with Gasteiger partial charge >= 0.3 is 0 Å². The molecule has 32 heavy (non-hydrogen) atoms. The zero-order valence-corrected chi connectivity index (χ0v) is 20.9. The summed E-state index contributed by atoms with van der Waals surface area (Å²) < 4.78 is 12.1. The van der Waals surface area contributed by atoms with Crippen LogP contribution in [-0.2, 0) is 10.2 Å². The summed E-state index contributed by atoms with van der Waals surface area (Å²) in [5.41, 5.74) is 6.33. The molecule has 0 atom stereocenters. The van der Waals surface area contributed by atoms with Gasteiger partial charge in [-0.3, -0.25) is 20.4 Å². The number of halogens is 1. The Morgan fingerprint density at radius 1 is 0.938 bits per heavy atom. The molecule has 2 aromatic rings. The van der Waals surface area contributed by atoms with Gasteiger partial charge in [0, 0.05) is 0 Å². The quantitative estimate of drug-likeness (QED) is 0.328. The van der Waals surface area contributed by atoms with Crippen LogP contribution in [0.4, 0.5) is 0 Å². The Labute approximate surface area is 199 Å². The highest BCUT2D eigenvalue weighted by Gasteiger charge is 2.16. The third-order valence-corrected chi connectivity index (χ3v) is 5.48. The molecule has 0 saturated carbocycles. The van der Waals surface area contributed by atoms with Gasteiger partial charge in [-0.25, -0.2) is 0 Å². The van der Waals surface area contributed by atoms with Crippen LogP contribution in [0.5, 0.6) is 11.5 Å². The highest BCUT2D eigenvalue weighted by molar-refractivity contribution is 9.10. The minimum Gasteiger partial charge on any atom is -0.493 e. The van der Waals surface area contributed by atoms with Crippen molar-refractivity contribution in [1.29, 1.82) is 0 Å². The minimum absolute atomic E-state index is 0.0121. The molecule has 6 nitrogen and oxygen atoms in total. The van der Waals surface area contributed by atoms with Crippen LogP contribution in [0, 0.1) is 0 Å². The zero-order chi connectivity index (χ0) is 23.6. The Kier molecular flexibility index (Phi) is 10.0. The first-order valence-corrected chi connectivity index (χ1v) is 11.8. The van der Waals surface area contributed by atoms with Crippen molar-refractivity contribution in [2.24, 2.45) is 0 Å².